The average Bonchev–Trinajstić information content (AvgIpc) is 2.64. The number of carbonyl (C=O) groups is 1. The molecule has 0 atom stereocenters. The lowest BCUT2D eigenvalue weighted by atomic mass is 10.2. The third kappa shape index (κ3) is 2.13. The SMILES string of the molecule is CON(C)C(=O)c1sc2cc(F)ccc2c1Cl. The van der Waals surface area contributed by atoms with Crippen molar-refractivity contribution in [2.75, 3.05) is 14.2 Å². The van der Waals surface area contributed by atoms with E-state index in [1.807, 2.05) is 0 Å². The molecule has 0 aliphatic heterocycles. The van der Waals surface area contributed by atoms with Gasteiger partial charge >= 0.3 is 0 Å². The first-order chi connectivity index (χ1) is 8.04. The highest BCUT2D eigenvalue weighted by molar-refractivity contribution is 7.21. The van der Waals surface area contributed by atoms with Crippen LogP contribution in [0, 0.1) is 5.82 Å². The van der Waals surface area contributed by atoms with Gasteiger partial charge in [0.1, 0.15) is 10.7 Å². The van der Waals surface area contributed by atoms with Crippen molar-refractivity contribution in [1.29, 1.82) is 0 Å². The van der Waals surface area contributed by atoms with E-state index in [4.69, 9.17) is 16.4 Å². The quantitative estimate of drug-likeness (QED) is 0.786. The molecule has 0 fully saturated rings. The van der Waals surface area contributed by atoms with E-state index in [2.05, 4.69) is 0 Å². The van der Waals surface area contributed by atoms with E-state index in [0.29, 0.717) is 20.0 Å². The number of hydroxylamine groups is 2. The lowest BCUT2D eigenvalue weighted by molar-refractivity contribution is -0.0753. The highest BCUT2D eigenvalue weighted by atomic mass is 35.5. The molecule has 2 rings (SSSR count). The van der Waals surface area contributed by atoms with Crippen molar-refractivity contribution < 1.29 is 14.0 Å². The van der Waals surface area contributed by atoms with Crippen molar-refractivity contribution in [2.45, 2.75) is 0 Å². The van der Waals surface area contributed by atoms with Gasteiger partial charge in [0.05, 0.1) is 12.1 Å². The summed E-state index contributed by atoms with van der Waals surface area (Å²) in [7, 11) is 2.88. The summed E-state index contributed by atoms with van der Waals surface area (Å²) >= 11 is 7.24. The van der Waals surface area contributed by atoms with Crippen LogP contribution in [0.15, 0.2) is 18.2 Å². The topological polar surface area (TPSA) is 29.5 Å². The van der Waals surface area contributed by atoms with Crippen LogP contribution in [0.5, 0.6) is 0 Å². The minimum atomic E-state index is -0.352. The second-order valence-electron chi connectivity index (χ2n) is 3.37. The van der Waals surface area contributed by atoms with Gasteiger partial charge in [-0.1, -0.05) is 11.6 Å². The van der Waals surface area contributed by atoms with E-state index in [9.17, 15) is 9.18 Å². The zero-order valence-corrected chi connectivity index (χ0v) is 10.7. The number of amides is 1. The molecule has 1 amide bonds. The van der Waals surface area contributed by atoms with Gasteiger partial charge in [0.2, 0.25) is 0 Å². The number of fused-ring (bicyclic) bond motifs is 1. The number of carbonyl (C=O) groups excluding carboxylic acids is 1. The highest BCUT2D eigenvalue weighted by Gasteiger charge is 2.20. The van der Waals surface area contributed by atoms with Crippen molar-refractivity contribution in [3.63, 3.8) is 0 Å². The fourth-order valence-electron chi connectivity index (χ4n) is 1.40. The van der Waals surface area contributed by atoms with Crippen LogP contribution < -0.4 is 0 Å². The van der Waals surface area contributed by atoms with Gasteiger partial charge in [-0.05, 0) is 18.2 Å². The summed E-state index contributed by atoms with van der Waals surface area (Å²) in [5.74, 6) is -0.700. The number of hydrogen-bond donors (Lipinski definition) is 0. The van der Waals surface area contributed by atoms with Gasteiger partial charge in [-0.15, -0.1) is 11.3 Å². The molecule has 0 unspecified atom stereocenters. The van der Waals surface area contributed by atoms with Crippen molar-refractivity contribution in [3.8, 4) is 0 Å². The van der Waals surface area contributed by atoms with Crippen molar-refractivity contribution in [1.82, 2.24) is 5.06 Å². The molecule has 1 aromatic heterocycles. The summed E-state index contributed by atoms with van der Waals surface area (Å²) in [5.41, 5.74) is 0. The first-order valence-electron chi connectivity index (χ1n) is 4.74. The monoisotopic (exact) mass is 273 g/mol. The average molecular weight is 274 g/mol. The summed E-state index contributed by atoms with van der Waals surface area (Å²) in [6, 6.07) is 4.23. The van der Waals surface area contributed by atoms with Crippen molar-refractivity contribution in [2.24, 2.45) is 0 Å². The van der Waals surface area contributed by atoms with E-state index in [0.717, 1.165) is 16.4 Å². The van der Waals surface area contributed by atoms with Crippen LogP contribution in [-0.4, -0.2) is 25.1 Å². The van der Waals surface area contributed by atoms with Crippen LogP contribution in [0.2, 0.25) is 5.02 Å². The lowest BCUT2D eigenvalue weighted by Crippen LogP contribution is -2.24. The molecule has 1 aromatic carbocycles. The summed E-state index contributed by atoms with van der Waals surface area (Å²) in [4.78, 5) is 17.0. The minimum absolute atomic E-state index is 0.332. The maximum absolute atomic E-state index is 13.0. The summed E-state index contributed by atoms with van der Waals surface area (Å²) in [6.07, 6.45) is 0. The van der Waals surface area contributed by atoms with Crippen LogP contribution in [-0.2, 0) is 4.84 Å². The third-order valence-corrected chi connectivity index (χ3v) is 3.99. The van der Waals surface area contributed by atoms with Crippen LogP contribution in [0.3, 0.4) is 0 Å². The predicted molar refractivity (Wildman–Crippen MR) is 65.9 cm³/mol. The zero-order valence-electron chi connectivity index (χ0n) is 9.16. The lowest BCUT2D eigenvalue weighted by Gasteiger charge is -2.12. The minimum Gasteiger partial charge on any atom is -0.274 e. The maximum Gasteiger partial charge on any atom is 0.288 e. The summed E-state index contributed by atoms with van der Waals surface area (Å²) in [5, 5.41) is 2.08. The fourth-order valence-corrected chi connectivity index (χ4v) is 2.91. The molecule has 0 spiro atoms. The summed E-state index contributed by atoms with van der Waals surface area (Å²) in [6.45, 7) is 0. The zero-order chi connectivity index (χ0) is 12.6. The number of benzene rings is 1. The number of thiophene rings is 1. The molecule has 0 aliphatic carbocycles. The van der Waals surface area contributed by atoms with Gasteiger partial charge in [0, 0.05) is 17.1 Å². The predicted octanol–water partition coefficient (Wildman–Crippen LogP) is 3.33. The van der Waals surface area contributed by atoms with Gasteiger partial charge in [-0.2, -0.15) is 0 Å². The second kappa shape index (κ2) is 4.60. The molecule has 2 aromatic rings. The number of rotatable bonds is 2. The molecule has 0 N–H and O–H groups in total. The largest absolute Gasteiger partial charge is 0.288 e. The van der Waals surface area contributed by atoms with Crippen LogP contribution in [0.25, 0.3) is 10.1 Å². The Morgan fingerprint density at radius 3 is 2.88 bits per heavy atom. The Bertz CT molecular complexity index is 584. The Labute approximate surface area is 106 Å². The third-order valence-electron chi connectivity index (χ3n) is 2.35. The van der Waals surface area contributed by atoms with Crippen LogP contribution in [0.1, 0.15) is 9.67 Å². The van der Waals surface area contributed by atoms with Crippen LogP contribution in [0.4, 0.5) is 4.39 Å². The smallest absolute Gasteiger partial charge is 0.274 e. The van der Waals surface area contributed by atoms with E-state index in [1.54, 1.807) is 6.07 Å². The number of halogens is 2. The Morgan fingerprint density at radius 2 is 2.24 bits per heavy atom. The van der Waals surface area contributed by atoms with E-state index >= 15 is 0 Å². The number of hydrogen-bond acceptors (Lipinski definition) is 3. The molecular weight excluding hydrogens is 265 g/mol. The molecule has 0 aliphatic rings. The molecule has 0 saturated carbocycles. The van der Waals surface area contributed by atoms with Crippen molar-refractivity contribution >= 4 is 38.9 Å². The fraction of sp³-hybridized carbons (Fsp3) is 0.182. The standard InChI is InChI=1S/C11H9ClFNO2S/c1-14(16-2)11(15)10-9(12)7-4-3-6(13)5-8(7)17-10/h3-5H,1-2H3. The van der Waals surface area contributed by atoms with E-state index in [1.165, 1.54) is 26.3 Å². The molecule has 6 heteroatoms. The molecule has 90 valence electrons. The first-order valence-corrected chi connectivity index (χ1v) is 5.93. The Kier molecular flexibility index (Phi) is 3.33. The van der Waals surface area contributed by atoms with E-state index in [-0.39, 0.29) is 11.7 Å². The van der Waals surface area contributed by atoms with Crippen molar-refractivity contribution in [3.05, 3.63) is 33.9 Å². The molecule has 3 nitrogen and oxygen atoms in total. The molecule has 0 bridgehead atoms. The number of nitrogens with zero attached hydrogens (tertiary/aromatic N) is 1. The summed E-state index contributed by atoms with van der Waals surface area (Å²) < 4.78 is 13.7. The second-order valence-corrected chi connectivity index (χ2v) is 4.80. The molecule has 0 saturated heterocycles. The molecule has 1 heterocycles. The van der Waals surface area contributed by atoms with Gasteiger partial charge in [-0.3, -0.25) is 9.63 Å². The molecule has 17 heavy (non-hydrogen) atoms. The normalized spacial score (nSPS) is 10.8. The Balaban J connectivity index is 2.56. The Morgan fingerprint density at radius 1 is 1.53 bits per heavy atom. The highest BCUT2D eigenvalue weighted by Crippen LogP contribution is 2.36. The van der Waals surface area contributed by atoms with E-state index < -0.39 is 0 Å². The molecular formula is C11H9ClFNO2S. The maximum atomic E-state index is 13.0. The first kappa shape index (κ1) is 12.3. The van der Waals surface area contributed by atoms with Gasteiger partial charge in [0.15, 0.2) is 0 Å². The van der Waals surface area contributed by atoms with Crippen LogP contribution >= 0.6 is 22.9 Å². The van der Waals surface area contributed by atoms with Gasteiger partial charge in [0.25, 0.3) is 5.91 Å². The Hall–Kier alpha value is -1.17. The van der Waals surface area contributed by atoms with Gasteiger partial charge in [-0.25, -0.2) is 9.45 Å². The molecule has 0 radical (unpaired) electrons. The van der Waals surface area contributed by atoms with Gasteiger partial charge < -0.3 is 0 Å².